The quantitative estimate of drug-likeness (QED) is 0.426. The molecule has 9 heteroatoms. The van der Waals surface area contributed by atoms with Crippen LogP contribution in [0.3, 0.4) is 0 Å². The molecule has 0 saturated carbocycles. The van der Waals surface area contributed by atoms with Crippen molar-refractivity contribution in [3.63, 3.8) is 0 Å². The minimum Gasteiger partial charge on any atom is -0.364 e. The largest absolute Gasteiger partial charge is 0.364 e. The number of rotatable bonds is 4. The van der Waals surface area contributed by atoms with Crippen molar-refractivity contribution < 1.29 is 4.52 Å². The third-order valence-corrected chi connectivity index (χ3v) is 4.95. The van der Waals surface area contributed by atoms with Gasteiger partial charge in [0.25, 0.3) is 0 Å². The Morgan fingerprint density at radius 3 is 2.75 bits per heavy atom. The number of guanidine groups is 1. The second kappa shape index (κ2) is 9.33. The van der Waals surface area contributed by atoms with Crippen LogP contribution in [0.15, 0.2) is 27.4 Å². The van der Waals surface area contributed by atoms with Crippen molar-refractivity contribution in [2.45, 2.75) is 20.0 Å². The van der Waals surface area contributed by atoms with Gasteiger partial charge in [-0.05, 0) is 6.92 Å². The van der Waals surface area contributed by atoms with Gasteiger partial charge in [-0.1, -0.05) is 5.16 Å². The maximum Gasteiger partial charge on any atom is 0.194 e. The molecule has 0 aliphatic carbocycles. The summed E-state index contributed by atoms with van der Waals surface area (Å²) in [6.07, 6.45) is 1.62. The van der Waals surface area contributed by atoms with Crippen LogP contribution in [0.2, 0.25) is 0 Å². The van der Waals surface area contributed by atoms with Gasteiger partial charge in [-0.25, -0.2) is 4.98 Å². The number of nitrogens with zero attached hydrogens (tertiary/aromatic N) is 5. The van der Waals surface area contributed by atoms with E-state index in [4.69, 9.17) is 4.52 Å². The zero-order chi connectivity index (χ0) is 16.1. The molecule has 0 amide bonds. The molecule has 0 atom stereocenters. The molecular weight excluding hydrogens is 439 g/mol. The maximum absolute atomic E-state index is 4.89. The van der Waals surface area contributed by atoms with Crippen LogP contribution in [0, 0.1) is 6.92 Å². The van der Waals surface area contributed by atoms with E-state index in [1.54, 1.807) is 17.6 Å². The van der Waals surface area contributed by atoms with Crippen molar-refractivity contribution >= 4 is 41.3 Å². The summed E-state index contributed by atoms with van der Waals surface area (Å²) in [5, 5.41) is 7.42. The van der Waals surface area contributed by atoms with Crippen LogP contribution in [-0.4, -0.2) is 59.1 Å². The highest BCUT2D eigenvalue weighted by Crippen LogP contribution is 2.12. The molecule has 0 unspecified atom stereocenters. The standard InChI is InChI=1S/C15H22N6OS.HI/c1-12-14(23-11-18-12)9-17-15(16-2)21-6-4-20(5-7-21)10-13-3-8-22-19-13;/h3,8,11H,4-7,9-10H2,1-2H3,(H,16,17);1H. The van der Waals surface area contributed by atoms with E-state index in [1.165, 1.54) is 4.88 Å². The van der Waals surface area contributed by atoms with Crippen LogP contribution in [0.25, 0.3) is 0 Å². The van der Waals surface area contributed by atoms with Crippen molar-refractivity contribution in [3.8, 4) is 0 Å². The number of aromatic nitrogens is 2. The molecule has 3 heterocycles. The summed E-state index contributed by atoms with van der Waals surface area (Å²) in [5.41, 5.74) is 3.97. The van der Waals surface area contributed by atoms with Gasteiger partial charge in [0.2, 0.25) is 0 Å². The molecular formula is C15H23IN6OS. The molecule has 2 aromatic rings. The Hall–Kier alpha value is -1.20. The van der Waals surface area contributed by atoms with Crippen LogP contribution in [0.4, 0.5) is 0 Å². The topological polar surface area (TPSA) is 69.8 Å². The molecule has 0 radical (unpaired) electrons. The van der Waals surface area contributed by atoms with E-state index >= 15 is 0 Å². The van der Waals surface area contributed by atoms with Crippen LogP contribution < -0.4 is 5.32 Å². The molecule has 1 saturated heterocycles. The summed E-state index contributed by atoms with van der Waals surface area (Å²) in [6.45, 7) is 7.57. The predicted octanol–water partition coefficient (Wildman–Crippen LogP) is 1.95. The Morgan fingerprint density at radius 2 is 2.17 bits per heavy atom. The number of hydrogen-bond donors (Lipinski definition) is 1. The van der Waals surface area contributed by atoms with E-state index in [-0.39, 0.29) is 24.0 Å². The molecule has 132 valence electrons. The van der Waals surface area contributed by atoms with E-state index in [2.05, 4.69) is 30.2 Å². The third kappa shape index (κ3) is 4.90. The van der Waals surface area contributed by atoms with E-state index < -0.39 is 0 Å². The lowest BCUT2D eigenvalue weighted by Crippen LogP contribution is -2.52. The Bertz CT molecular complexity index is 636. The summed E-state index contributed by atoms with van der Waals surface area (Å²) in [7, 11) is 1.84. The number of nitrogens with one attached hydrogen (secondary N) is 1. The number of halogens is 1. The number of hydrogen-bond acceptors (Lipinski definition) is 6. The van der Waals surface area contributed by atoms with Gasteiger partial charge in [0.1, 0.15) is 6.26 Å². The Balaban J connectivity index is 0.00000208. The fourth-order valence-electron chi connectivity index (χ4n) is 2.65. The second-order valence-corrected chi connectivity index (χ2v) is 6.46. The molecule has 1 N–H and O–H groups in total. The molecule has 24 heavy (non-hydrogen) atoms. The fourth-order valence-corrected chi connectivity index (χ4v) is 3.37. The van der Waals surface area contributed by atoms with Gasteiger partial charge in [0, 0.05) is 50.7 Å². The van der Waals surface area contributed by atoms with Gasteiger partial charge in [-0.15, -0.1) is 35.3 Å². The lowest BCUT2D eigenvalue weighted by atomic mass is 10.3. The minimum atomic E-state index is 0. The fraction of sp³-hybridized carbons (Fsp3) is 0.533. The molecule has 0 spiro atoms. The van der Waals surface area contributed by atoms with Gasteiger partial charge in [0.05, 0.1) is 23.4 Å². The van der Waals surface area contributed by atoms with Crippen LogP contribution in [-0.2, 0) is 13.1 Å². The molecule has 2 aromatic heterocycles. The number of aryl methyl sites for hydroxylation is 1. The van der Waals surface area contributed by atoms with E-state index in [0.717, 1.165) is 56.6 Å². The van der Waals surface area contributed by atoms with Crippen molar-refractivity contribution in [1.29, 1.82) is 0 Å². The number of piperazine rings is 1. The van der Waals surface area contributed by atoms with Crippen LogP contribution >= 0.6 is 35.3 Å². The number of aliphatic imine (C=N–C) groups is 1. The van der Waals surface area contributed by atoms with Crippen molar-refractivity contribution in [2.24, 2.45) is 4.99 Å². The van der Waals surface area contributed by atoms with Gasteiger partial charge in [-0.3, -0.25) is 9.89 Å². The molecule has 0 bridgehead atoms. The first kappa shape index (κ1) is 19.1. The summed E-state index contributed by atoms with van der Waals surface area (Å²) in [4.78, 5) is 14.6. The normalized spacial score (nSPS) is 16.1. The molecule has 1 aliphatic heterocycles. The zero-order valence-electron chi connectivity index (χ0n) is 13.9. The SMILES string of the molecule is CN=C(NCc1scnc1C)N1CCN(Cc2ccon2)CC1.I. The van der Waals surface area contributed by atoms with E-state index in [1.807, 2.05) is 25.5 Å². The second-order valence-electron chi connectivity index (χ2n) is 5.52. The van der Waals surface area contributed by atoms with Crippen molar-refractivity contribution in [1.82, 2.24) is 25.3 Å². The van der Waals surface area contributed by atoms with Crippen molar-refractivity contribution in [2.75, 3.05) is 33.2 Å². The Labute approximate surface area is 163 Å². The van der Waals surface area contributed by atoms with Crippen LogP contribution in [0.1, 0.15) is 16.3 Å². The Kier molecular flexibility index (Phi) is 7.43. The van der Waals surface area contributed by atoms with Crippen LogP contribution in [0.5, 0.6) is 0 Å². The third-order valence-electron chi connectivity index (χ3n) is 4.01. The van der Waals surface area contributed by atoms with Gasteiger partial charge < -0.3 is 14.7 Å². The zero-order valence-corrected chi connectivity index (χ0v) is 17.1. The Morgan fingerprint density at radius 1 is 1.38 bits per heavy atom. The highest BCUT2D eigenvalue weighted by atomic mass is 127. The summed E-state index contributed by atoms with van der Waals surface area (Å²) >= 11 is 1.68. The molecule has 0 aromatic carbocycles. The highest BCUT2D eigenvalue weighted by Gasteiger charge is 2.20. The van der Waals surface area contributed by atoms with Gasteiger partial charge in [-0.2, -0.15) is 0 Å². The smallest absolute Gasteiger partial charge is 0.194 e. The van der Waals surface area contributed by atoms with Crippen molar-refractivity contribution in [3.05, 3.63) is 34.1 Å². The molecule has 1 fully saturated rings. The summed E-state index contributed by atoms with van der Waals surface area (Å²) < 4.78 is 4.89. The van der Waals surface area contributed by atoms with Gasteiger partial charge in [0.15, 0.2) is 5.96 Å². The number of thiazole rings is 1. The maximum atomic E-state index is 4.89. The average molecular weight is 462 g/mol. The molecule has 1 aliphatic rings. The monoisotopic (exact) mass is 462 g/mol. The average Bonchev–Trinajstić information content (AvgIpc) is 3.21. The van der Waals surface area contributed by atoms with E-state index in [0.29, 0.717) is 0 Å². The lowest BCUT2D eigenvalue weighted by Gasteiger charge is -2.36. The predicted molar refractivity (Wildman–Crippen MR) is 106 cm³/mol. The van der Waals surface area contributed by atoms with Gasteiger partial charge >= 0.3 is 0 Å². The first-order valence-corrected chi connectivity index (χ1v) is 8.60. The first-order chi connectivity index (χ1) is 11.3. The minimum absolute atomic E-state index is 0. The first-order valence-electron chi connectivity index (χ1n) is 7.72. The molecule has 7 nitrogen and oxygen atoms in total. The summed E-state index contributed by atoms with van der Waals surface area (Å²) in [6, 6.07) is 1.92. The highest BCUT2D eigenvalue weighted by molar-refractivity contribution is 14.0. The van der Waals surface area contributed by atoms with E-state index in [9.17, 15) is 0 Å². The lowest BCUT2D eigenvalue weighted by molar-refractivity contribution is 0.169. The molecule has 3 rings (SSSR count). The summed E-state index contributed by atoms with van der Waals surface area (Å²) in [5.74, 6) is 0.957.